The number of benzene rings is 1. The van der Waals surface area contributed by atoms with Gasteiger partial charge in [0.1, 0.15) is 0 Å². The van der Waals surface area contributed by atoms with Crippen molar-refractivity contribution in [1.29, 1.82) is 0 Å². The number of carbonyl (C=O) groups excluding carboxylic acids is 1. The van der Waals surface area contributed by atoms with E-state index in [4.69, 9.17) is 16.7 Å². The number of aliphatic hydroxyl groups excluding tert-OH is 1. The van der Waals surface area contributed by atoms with Crippen LogP contribution in [0.3, 0.4) is 0 Å². The lowest BCUT2D eigenvalue weighted by molar-refractivity contribution is 0.230. The number of nitrogens with one attached hydrogen (secondary N) is 2. The molecule has 2 amide bonds. The van der Waals surface area contributed by atoms with Crippen molar-refractivity contribution in [2.75, 3.05) is 6.61 Å². The fourth-order valence-corrected chi connectivity index (χ4v) is 1.56. The van der Waals surface area contributed by atoms with Crippen molar-refractivity contribution < 1.29 is 9.90 Å². The number of aliphatic hydroxyl groups is 1. The van der Waals surface area contributed by atoms with Crippen molar-refractivity contribution in [3.05, 3.63) is 34.9 Å². The molecule has 3 N–H and O–H groups in total. The van der Waals surface area contributed by atoms with Crippen LogP contribution in [0, 0.1) is 0 Å². The molecule has 5 heteroatoms. The standard InChI is InChI=1S/C12H17ClN2O2/c1-9(6-7-16)15-12(17)14-8-10-4-2-3-5-11(10)13/h2-5,9,16H,6-8H2,1H3,(H2,14,15,17)/t9-/m1/s1. The molecule has 0 aliphatic heterocycles. The van der Waals surface area contributed by atoms with Crippen LogP contribution in [-0.4, -0.2) is 23.8 Å². The van der Waals surface area contributed by atoms with E-state index in [1.54, 1.807) is 6.07 Å². The van der Waals surface area contributed by atoms with Crippen LogP contribution >= 0.6 is 11.6 Å². The van der Waals surface area contributed by atoms with Gasteiger partial charge in [0.15, 0.2) is 0 Å². The van der Waals surface area contributed by atoms with E-state index in [-0.39, 0.29) is 18.7 Å². The van der Waals surface area contributed by atoms with Gasteiger partial charge in [-0.25, -0.2) is 4.79 Å². The lowest BCUT2D eigenvalue weighted by atomic mass is 10.2. The Morgan fingerprint density at radius 2 is 2.18 bits per heavy atom. The molecule has 0 fully saturated rings. The summed E-state index contributed by atoms with van der Waals surface area (Å²) in [6.45, 7) is 2.29. The fourth-order valence-electron chi connectivity index (χ4n) is 1.36. The maximum absolute atomic E-state index is 11.5. The van der Waals surface area contributed by atoms with Crippen LogP contribution in [0.4, 0.5) is 4.79 Å². The number of carbonyl (C=O) groups is 1. The molecule has 0 aliphatic carbocycles. The van der Waals surface area contributed by atoms with Gasteiger partial charge in [-0.15, -0.1) is 0 Å². The van der Waals surface area contributed by atoms with Crippen LogP contribution in [-0.2, 0) is 6.54 Å². The van der Waals surface area contributed by atoms with E-state index >= 15 is 0 Å². The minimum Gasteiger partial charge on any atom is -0.396 e. The van der Waals surface area contributed by atoms with E-state index in [0.29, 0.717) is 18.0 Å². The number of hydrogen-bond donors (Lipinski definition) is 3. The summed E-state index contributed by atoms with van der Waals surface area (Å²) in [5, 5.41) is 14.8. The van der Waals surface area contributed by atoms with Gasteiger partial charge in [-0.3, -0.25) is 0 Å². The zero-order valence-electron chi connectivity index (χ0n) is 9.74. The third-order valence-electron chi connectivity index (χ3n) is 2.34. The van der Waals surface area contributed by atoms with Gasteiger partial charge in [-0.2, -0.15) is 0 Å². The summed E-state index contributed by atoms with van der Waals surface area (Å²) >= 11 is 5.96. The molecular formula is C12H17ClN2O2. The highest BCUT2D eigenvalue weighted by Crippen LogP contribution is 2.14. The first-order valence-corrected chi connectivity index (χ1v) is 5.90. The number of hydrogen-bond acceptors (Lipinski definition) is 2. The van der Waals surface area contributed by atoms with E-state index in [1.165, 1.54) is 0 Å². The summed E-state index contributed by atoms with van der Waals surface area (Å²) in [6.07, 6.45) is 0.541. The molecule has 1 rings (SSSR count). The minimum absolute atomic E-state index is 0.0498. The van der Waals surface area contributed by atoms with Crippen LogP contribution in [0.15, 0.2) is 24.3 Å². The average Bonchev–Trinajstić information content (AvgIpc) is 2.28. The molecule has 17 heavy (non-hydrogen) atoms. The van der Waals surface area contributed by atoms with Crippen molar-refractivity contribution in [2.45, 2.75) is 25.9 Å². The first-order valence-electron chi connectivity index (χ1n) is 5.52. The van der Waals surface area contributed by atoms with Gasteiger partial charge >= 0.3 is 6.03 Å². The van der Waals surface area contributed by atoms with Crippen LogP contribution in [0.25, 0.3) is 0 Å². The molecule has 0 saturated carbocycles. The zero-order valence-corrected chi connectivity index (χ0v) is 10.5. The number of rotatable bonds is 5. The van der Waals surface area contributed by atoms with E-state index in [9.17, 15) is 4.79 Å². The van der Waals surface area contributed by atoms with Gasteiger partial charge in [0, 0.05) is 24.2 Å². The number of urea groups is 1. The monoisotopic (exact) mass is 256 g/mol. The van der Waals surface area contributed by atoms with Crippen molar-refractivity contribution in [3.63, 3.8) is 0 Å². The molecule has 1 aromatic rings. The second-order valence-corrected chi connectivity index (χ2v) is 4.24. The van der Waals surface area contributed by atoms with Crippen molar-refractivity contribution >= 4 is 17.6 Å². The smallest absolute Gasteiger partial charge is 0.315 e. The van der Waals surface area contributed by atoms with Crippen LogP contribution in [0.1, 0.15) is 18.9 Å². The van der Waals surface area contributed by atoms with Crippen LogP contribution < -0.4 is 10.6 Å². The molecule has 1 aromatic carbocycles. The molecule has 0 spiro atoms. The third kappa shape index (κ3) is 5.06. The first kappa shape index (κ1) is 13.8. The second kappa shape index (κ2) is 7.14. The van der Waals surface area contributed by atoms with E-state index in [1.807, 2.05) is 25.1 Å². The largest absolute Gasteiger partial charge is 0.396 e. The van der Waals surface area contributed by atoms with Crippen LogP contribution in [0.5, 0.6) is 0 Å². The lowest BCUT2D eigenvalue weighted by Gasteiger charge is -2.13. The highest BCUT2D eigenvalue weighted by atomic mass is 35.5. The van der Waals surface area contributed by atoms with Gasteiger partial charge < -0.3 is 15.7 Å². The molecule has 1 atom stereocenters. The number of halogens is 1. The lowest BCUT2D eigenvalue weighted by Crippen LogP contribution is -2.40. The molecule has 0 heterocycles. The Balaban J connectivity index is 2.36. The van der Waals surface area contributed by atoms with Gasteiger partial charge in [-0.1, -0.05) is 29.8 Å². The molecule has 0 radical (unpaired) electrons. The zero-order chi connectivity index (χ0) is 12.7. The van der Waals surface area contributed by atoms with Gasteiger partial charge in [0.05, 0.1) is 0 Å². The molecule has 0 aromatic heterocycles. The van der Waals surface area contributed by atoms with E-state index in [0.717, 1.165) is 5.56 Å². The Bertz CT molecular complexity index is 371. The van der Waals surface area contributed by atoms with Gasteiger partial charge in [0.2, 0.25) is 0 Å². The summed E-state index contributed by atoms with van der Waals surface area (Å²) in [4.78, 5) is 11.5. The maximum Gasteiger partial charge on any atom is 0.315 e. The van der Waals surface area contributed by atoms with Crippen molar-refractivity contribution in [3.8, 4) is 0 Å². The molecule has 0 unspecified atom stereocenters. The van der Waals surface area contributed by atoms with E-state index in [2.05, 4.69) is 10.6 Å². The SMILES string of the molecule is C[C@H](CCO)NC(=O)NCc1ccccc1Cl. The summed E-state index contributed by atoms with van der Waals surface area (Å²) in [6, 6.07) is 7.05. The van der Waals surface area contributed by atoms with Crippen molar-refractivity contribution in [1.82, 2.24) is 10.6 Å². The average molecular weight is 257 g/mol. The highest BCUT2D eigenvalue weighted by Gasteiger charge is 2.06. The normalized spacial score (nSPS) is 11.9. The molecular weight excluding hydrogens is 240 g/mol. The van der Waals surface area contributed by atoms with Crippen molar-refractivity contribution in [2.24, 2.45) is 0 Å². The Labute approximate surface area is 106 Å². The number of amides is 2. The minimum atomic E-state index is -0.258. The molecule has 0 aliphatic rings. The molecule has 0 saturated heterocycles. The Kier molecular flexibility index (Phi) is 5.80. The Morgan fingerprint density at radius 3 is 2.82 bits per heavy atom. The molecule has 94 valence electrons. The summed E-state index contributed by atoms with van der Waals surface area (Å²) in [5.41, 5.74) is 0.874. The predicted molar refractivity (Wildman–Crippen MR) is 68.0 cm³/mol. The summed E-state index contributed by atoms with van der Waals surface area (Å²) in [5.74, 6) is 0. The van der Waals surface area contributed by atoms with Gasteiger partial charge in [0.25, 0.3) is 0 Å². The predicted octanol–water partition coefficient (Wildman–Crippen LogP) is 1.91. The van der Waals surface area contributed by atoms with Crippen LogP contribution in [0.2, 0.25) is 5.02 Å². The first-order chi connectivity index (χ1) is 8.13. The molecule has 4 nitrogen and oxygen atoms in total. The molecule has 0 bridgehead atoms. The second-order valence-electron chi connectivity index (χ2n) is 3.83. The van der Waals surface area contributed by atoms with E-state index < -0.39 is 0 Å². The highest BCUT2D eigenvalue weighted by molar-refractivity contribution is 6.31. The summed E-state index contributed by atoms with van der Waals surface area (Å²) < 4.78 is 0. The maximum atomic E-state index is 11.5. The fraction of sp³-hybridized carbons (Fsp3) is 0.417. The Morgan fingerprint density at radius 1 is 1.47 bits per heavy atom. The topological polar surface area (TPSA) is 61.4 Å². The quantitative estimate of drug-likeness (QED) is 0.754. The Hall–Kier alpha value is -1.26. The summed E-state index contributed by atoms with van der Waals surface area (Å²) in [7, 11) is 0. The van der Waals surface area contributed by atoms with Gasteiger partial charge in [-0.05, 0) is 25.0 Å². The third-order valence-corrected chi connectivity index (χ3v) is 2.71.